The molecule has 1 aliphatic heterocycles. The molecule has 0 unspecified atom stereocenters. The van der Waals surface area contributed by atoms with Gasteiger partial charge in [-0.15, -0.1) is 0 Å². The lowest BCUT2D eigenvalue weighted by atomic mass is 10.0. The van der Waals surface area contributed by atoms with Gasteiger partial charge in [0.05, 0.1) is 12.7 Å². The van der Waals surface area contributed by atoms with Crippen molar-refractivity contribution in [2.45, 2.75) is 63.6 Å². The van der Waals surface area contributed by atoms with E-state index in [1.165, 1.54) is 12.8 Å². The first-order valence-corrected chi connectivity index (χ1v) is 6.43. The van der Waals surface area contributed by atoms with Gasteiger partial charge in [0.15, 0.2) is 6.29 Å². The normalized spacial score (nSPS) is 33.9. The summed E-state index contributed by atoms with van der Waals surface area (Å²) < 4.78 is 10.8. The van der Waals surface area contributed by atoms with Gasteiger partial charge < -0.3 is 24.8 Å². The van der Waals surface area contributed by atoms with E-state index in [1.807, 2.05) is 0 Å². The number of unbranched alkanes of at least 4 members (excludes halogenated alkanes) is 3. The molecule has 0 aliphatic carbocycles. The van der Waals surface area contributed by atoms with Gasteiger partial charge in [-0.3, -0.25) is 0 Å². The molecule has 1 saturated heterocycles. The Morgan fingerprint density at radius 3 is 2.65 bits per heavy atom. The van der Waals surface area contributed by atoms with E-state index in [9.17, 15) is 10.2 Å². The number of ether oxygens (including phenoxy) is 2. The van der Waals surface area contributed by atoms with Gasteiger partial charge >= 0.3 is 0 Å². The third-order valence-electron chi connectivity index (χ3n) is 3.02. The predicted molar refractivity (Wildman–Crippen MR) is 62.5 cm³/mol. The van der Waals surface area contributed by atoms with Crippen molar-refractivity contribution in [2.75, 3.05) is 13.2 Å². The topological polar surface area (TPSA) is 79.2 Å². The summed E-state index contributed by atoms with van der Waals surface area (Å²) in [6.45, 7) is 2.42. The van der Waals surface area contributed by atoms with Crippen LogP contribution in [0.4, 0.5) is 0 Å². The Balaban J connectivity index is 2.20. The van der Waals surface area contributed by atoms with E-state index < -0.39 is 24.6 Å². The SMILES string of the molecule is CCCCCCO[C@H]1C[C@@H](O)[C@@H](O)[C@@H](CO)O1. The van der Waals surface area contributed by atoms with E-state index >= 15 is 0 Å². The fourth-order valence-corrected chi connectivity index (χ4v) is 1.92. The molecule has 1 aliphatic rings. The second kappa shape index (κ2) is 8.00. The molecule has 0 bridgehead atoms. The molecular formula is C12H24O5. The number of aliphatic hydroxyl groups is 3. The highest BCUT2D eigenvalue weighted by atomic mass is 16.7. The maximum atomic E-state index is 9.57. The van der Waals surface area contributed by atoms with Gasteiger partial charge in [-0.1, -0.05) is 26.2 Å². The molecule has 5 nitrogen and oxygen atoms in total. The summed E-state index contributed by atoms with van der Waals surface area (Å²) in [6, 6.07) is 0. The Morgan fingerprint density at radius 1 is 1.24 bits per heavy atom. The molecule has 0 aromatic heterocycles. The molecule has 0 spiro atoms. The van der Waals surface area contributed by atoms with E-state index in [0.717, 1.165) is 12.8 Å². The third kappa shape index (κ3) is 4.89. The molecule has 1 rings (SSSR count). The van der Waals surface area contributed by atoms with Crippen molar-refractivity contribution < 1.29 is 24.8 Å². The fraction of sp³-hybridized carbons (Fsp3) is 1.00. The van der Waals surface area contributed by atoms with Crippen molar-refractivity contribution in [3.8, 4) is 0 Å². The lowest BCUT2D eigenvalue weighted by Gasteiger charge is -2.36. The number of hydrogen-bond acceptors (Lipinski definition) is 5. The lowest BCUT2D eigenvalue weighted by Crippen LogP contribution is -2.50. The van der Waals surface area contributed by atoms with Gasteiger partial charge in [0, 0.05) is 13.0 Å². The van der Waals surface area contributed by atoms with Crippen LogP contribution in [0.2, 0.25) is 0 Å². The lowest BCUT2D eigenvalue weighted by molar-refractivity contribution is -0.256. The molecule has 17 heavy (non-hydrogen) atoms. The van der Waals surface area contributed by atoms with E-state index in [1.54, 1.807) is 0 Å². The second-order valence-corrected chi connectivity index (χ2v) is 4.51. The van der Waals surface area contributed by atoms with Crippen molar-refractivity contribution in [2.24, 2.45) is 0 Å². The first kappa shape index (κ1) is 14.9. The summed E-state index contributed by atoms with van der Waals surface area (Å²) in [7, 11) is 0. The van der Waals surface area contributed by atoms with Crippen LogP contribution in [0.5, 0.6) is 0 Å². The van der Waals surface area contributed by atoms with Gasteiger partial charge in [0.1, 0.15) is 12.2 Å². The molecule has 5 heteroatoms. The Kier molecular flexibility index (Phi) is 6.99. The van der Waals surface area contributed by atoms with Crippen LogP contribution in [0.25, 0.3) is 0 Å². The minimum atomic E-state index is -1.03. The average molecular weight is 248 g/mol. The minimum Gasteiger partial charge on any atom is -0.394 e. The number of hydrogen-bond donors (Lipinski definition) is 3. The smallest absolute Gasteiger partial charge is 0.160 e. The summed E-state index contributed by atoms with van der Waals surface area (Å²) >= 11 is 0. The van der Waals surface area contributed by atoms with Crippen LogP contribution in [0, 0.1) is 0 Å². The van der Waals surface area contributed by atoms with Crippen LogP contribution < -0.4 is 0 Å². The van der Waals surface area contributed by atoms with Crippen molar-refractivity contribution in [3.05, 3.63) is 0 Å². The quantitative estimate of drug-likeness (QED) is 0.569. The number of rotatable bonds is 7. The molecule has 3 N–H and O–H groups in total. The third-order valence-corrected chi connectivity index (χ3v) is 3.02. The zero-order valence-electron chi connectivity index (χ0n) is 10.4. The monoisotopic (exact) mass is 248 g/mol. The molecule has 0 radical (unpaired) electrons. The Labute approximate surface area is 102 Å². The molecular weight excluding hydrogens is 224 g/mol. The maximum absolute atomic E-state index is 9.57. The Hall–Kier alpha value is -0.200. The predicted octanol–water partition coefficient (Wildman–Crippen LogP) is 0.412. The highest BCUT2D eigenvalue weighted by Crippen LogP contribution is 2.21. The summed E-state index contributed by atoms with van der Waals surface area (Å²) in [5.74, 6) is 0. The minimum absolute atomic E-state index is 0.255. The first-order chi connectivity index (χ1) is 8.19. The van der Waals surface area contributed by atoms with E-state index in [0.29, 0.717) is 6.61 Å². The zero-order chi connectivity index (χ0) is 12.7. The summed E-state index contributed by atoms with van der Waals surface area (Å²) in [6.07, 6.45) is 1.53. The van der Waals surface area contributed by atoms with E-state index in [-0.39, 0.29) is 13.0 Å². The molecule has 0 aromatic rings. The molecule has 0 aromatic carbocycles. The van der Waals surface area contributed by atoms with E-state index in [4.69, 9.17) is 14.6 Å². The molecule has 102 valence electrons. The van der Waals surface area contributed by atoms with Gasteiger partial charge in [-0.05, 0) is 6.42 Å². The van der Waals surface area contributed by atoms with E-state index in [2.05, 4.69) is 6.92 Å². The summed E-state index contributed by atoms with van der Waals surface area (Å²) in [4.78, 5) is 0. The summed E-state index contributed by atoms with van der Waals surface area (Å²) in [5, 5.41) is 28.1. The summed E-state index contributed by atoms with van der Waals surface area (Å²) in [5.41, 5.74) is 0. The Bertz CT molecular complexity index is 199. The van der Waals surface area contributed by atoms with Gasteiger partial charge in [-0.25, -0.2) is 0 Å². The second-order valence-electron chi connectivity index (χ2n) is 4.51. The Morgan fingerprint density at radius 2 is 2.00 bits per heavy atom. The molecule has 0 amide bonds. The van der Waals surface area contributed by atoms with Crippen LogP contribution in [-0.4, -0.2) is 53.1 Å². The van der Waals surface area contributed by atoms with Gasteiger partial charge in [-0.2, -0.15) is 0 Å². The largest absolute Gasteiger partial charge is 0.394 e. The van der Waals surface area contributed by atoms with Crippen molar-refractivity contribution in [3.63, 3.8) is 0 Å². The van der Waals surface area contributed by atoms with Crippen LogP contribution in [0.3, 0.4) is 0 Å². The standard InChI is InChI=1S/C12H24O5/c1-2-3-4-5-6-16-11-7-9(14)12(15)10(8-13)17-11/h9-15H,2-8H2,1H3/t9-,10-,11-,12-/m1/s1. The van der Waals surface area contributed by atoms with Crippen LogP contribution >= 0.6 is 0 Å². The molecule has 1 heterocycles. The van der Waals surface area contributed by atoms with Crippen LogP contribution in [0.1, 0.15) is 39.0 Å². The van der Waals surface area contributed by atoms with Gasteiger partial charge in [0.25, 0.3) is 0 Å². The molecule has 4 atom stereocenters. The van der Waals surface area contributed by atoms with Crippen molar-refractivity contribution in [1.82, 2.24) is 0 Å². The highest BCUT2D eigenvalue weighted by Gasteiger charge is 2.36. The fourth-order valence-electron chi connectivity index (χ4n) is 1.92. The molecule has 1 fully saturated rings. The maximum Gasteiger partial charge on any atom is 0.160 e. The van der Waals surface area contributed by atoms with Crippen LogP contribution in [-0.2, 0) is 9.47 Å². The van der Waals surface area contributed by atoms with Crippen molar-refractivity contribution in [1.29, 1.82) is 0 Å². The first-order valence-electron chi connectivity index (χ1n) is 6.43. The average Bonchev–Trinajstić information content (AvgIpc) is 2.33. The van der Waals surface area contributed by atoms with Crippen molar-refractivity contribution >= 4 is 0 Å². The zero-order valence-corrected chi connectivity index (χ0v) is 10.4. The highest BCUT2D eigenvalue weighted by molar-refractivity contribution is 4.82. The number of aliphatic hydroxyl groups excluding tert-OH is 3. The molecule has 0 saturated carbocycles. The van der Waals surface area contributed by atoms with Gasteiger partial charge in [0.2, 0.25) is 0 Å². The van der Waals surface area contributed by atoms with Crippen LogP contribution in [0.15, 0.2) is 0 Å².